The number of ether oxygens (including phenoxy) is 2. The van der Waals surface area contributed by atoms with Crippen molar-refractivity contribution in [1.82, 2.24) is 34.2 Å². The molecule has 3 aromatic heterocycles. The van der Waals surface area contributed by atoms with Gasteiger partial charge in [-0.15, -0.1) is 0 Å². The van der Waals surface area contributed by atoms with E-state index in [2.05, 4.69) is 46.2 Å². The Morgan fingerprint density at radius 2 is 1.81 bits per heavy atom. The van der Waals surface area contributed by atoms with Gasteiger partial charge < -0.3 is 14.0 Å². The normalized spacial score (nSPS) is 16.1. The molecule has 0 aliphatic carbocycles. The van der Waals surface area contributed by atoms with Crippen molar-refractivity contribution >= 4 is 41.7 Å². The molecule has 5 aromatic rings. The summed E-state index contributed by atoms with van der Waals surface area (Å²) in [7, 11) is -1.44. The Morgan fingerprint density at radius 3 is 2.56 bits per heavy atom. The second kappa shape index (κ2) is 11.2. The molecule has 0 radical (unpaired) electrons. The van der Waals surface area contributed by atoms with Crippen molar-refractivity contribution in [2.24, 2.45) is 0 Å². The number of nitrogens with zero attached hydrogens (tertiary/aromatic N) is 7. The van der Waals surface area contributed by atoms with Gasteiger partial charge in [-0.3, -0.25) is 14.6 Å². The number of hydrogen-bond acceptors (Lipinski definition) is 7. The van der Waals surface area contributed by atoms with Crippen LogP contribution in [0.5, 0.6) is 11.5 Å². The molecule has 0 saturated carbocycles. The Kier molecular flexibility index (Phi) is 7.74. The summed E-state index contributed by atoms with van der Waals surface area (Å²) in [6.45, 7) is 12.0. The Balaban J connectivity index is 1.21. The molecule has 9 nitrogen and oxygen atoms in total. The summed E-state index contributed by atoms with van der Waals surface area (Å²) in [6.07, 6.45) is 5.18. The van der Waals surface area contributed by atoms with Crippen LogP contribution in [-0.4, -0.2) is 73.6 Å². The van der Waals surface area contributed by atoms with Gasteiger partial charge in [-0.2, -0.15) is 5.10 Å². The maximum absolute atomic E-state index is 13.1. The first-order chi connectivity index (χ1) is 20.4. The van der Waals surface area contributed by atoms with Gasteiger partial charge in [0.05, 0.1) is 62.3 Å². The summed E-state index contributed by atoms with van der Waals surface area (Å²) in [4.78, 5) is 15.7. The number of rotatable bonds is 10. The molecule has 6 rings (SSSR count). The van der Waals surface area contributed by atoms with Crippen LogP contribution >= 0.6 is 11.6 Å². The molecule has 0 N–H and O–H groups in total. The molecule has 0 spiro atoms. The fourth-order valence-corrected chi connectivity index (χ4v) is 5.70. The largest absolute Gasteiger partial charge is 0.456 e. The molecule has 0 bridgehead atoms. The van der Waals surface area contributed by atoms with Crippen LogP contribution in [0.25, 0.3) is 33.3 Å². The second-order valence-electron chi connectivity index (χ2n) is 12.2. The quantitative estimate of drug-likeness (QED) is 0.158. The number of halogens is 3. The molecule has 1 saturated heterocycles. The highest BCUT2D eigenvalue weighted by molar-refractivity contribution is 6.77. The van der Waals surface area contributed by atoms with Gasteiger partial charge >= 0.3 is 0 Å². The Labute approximate surface area is 254 Å². The molecular formula is C30H34ClF2N7O2Si. The first-order valence-electron chi connectivity index (χ1n) is 14.2. The maximum Gasteiger partial charge on any atom is 0.272 e. The zero-order valence-corrected chi connectivity index (χ0v) is 26.6. The van der Waals surface area contributed by atoms with Crippen molar-refractivity contribution in [1.29, 1.82) is 0 Å². The Hall–Kier alpha value is -3.45. The number of fused-ring (bicyclic) bond motifs is 2. The molecule has 1 atom stereocenters. The lowest BCUT2D eigenvalue weighted by atomic mass is 10.1. The Bertz CT molecular complexity index is 1800. The number of aromatic nitrogens is 6. The van der Waals surface area contributed by atoms with E-state index in [1.165, 1.54) is 0 Å². The highest BCUT2D eigenvalue weighted by Gasteiger charge is 2.43. The Morgan fingerprint density at radius 1 is 1.05 bits per heavy atom. The third kappa shape index (κ3) is 6.28. The minimum Gasteiger partial charge on any atom is -0.456 e. The van der Waals surface area contributed by atoms with E-state index in [0.29, 0.717) is 53.1 Å². The van der Waals surface area contributed by atoms with Gasteiger partial charge in [-0.05, 0) is 38.1 Å². The topological polar surface area (TPSA) is 83.1 Å². The SMILES string of the molecule is Cc1nc2ccc(Oc3ccc4ncc(-c5cnn(CCN6CC(F)(F)C6)c5)nc4c3Cl)cc2n1COC(C)[Si](C)(C)C. The van der Waals surface area contributed by atoms with Crippen molar-refractivity contribution in [2.45, 2.75) is 58.4 Å². The number of benzene rings is 2. The highest BCUT2D eigenvalue weighted by Crippen LogP contribution is 2.36. The summed E-state index contributed by atoms with van der Waals surface area (Å²) < 4.78 is 42.5. The number of aryl methyl sites for hydroxylation is 1. The van der Waals surface area contributed by atoms with Crippen LogP contribution in [0, 0.1) is 6.92 Å². The monoisotopic (exact) mass is 625 g/mol. The lowest BCUT2D eigenvalue weighted by Crippen LogP contribution is -2.56. The van der Waals surface area contributed by atoms with E-state index >= 15 is 0 Å². The van der Waals surface area contributed by atoms with Crippen LogP contribution in [0.3, 0.4) is 0 Å². The van der Waals surface area contributed by atoms with Gasteiger partial charge in [0.1, 0.15) is 34.6 Å². The van der Waals surface area contributed by atoms with Crippen LogP contribution in [0.1, 0.15) is 12.7 Å². The van der Waals surface area contributed by atoms with Gasteiger partial charge in [0.25, 0.3) is 5.92 Å². The fourth-order valence-electron chi connectivity index (χ4n) is 4.89. The number of hydrogen-bond donors (Lipinski definition) is 0. The summed E-state index contributed by atoms with van der Waals surface area (Å²) in [6, 6.07) is 9.33. The van der Waals surface area contributed by atoms with Crippen LogP contribution in [0.2, 0.25) is 24.7 Å². The van der Waals surface area contributed by atoms with E-state index in [1.54, 1.807) is 28.0 Å². The first kappa shape index (κ1) is 29.6. The lowest BCUT2D eigenvalue weighted by molar-refractivity contribution is -0.131. The van der Waals surface area contributed by atoms with E-state index in [0.717, 1.165) is 22.4 Å². The third-order valence-electron chi connectivity index (χ3n) is 7.91. The smallest absolute Gasteiger partial charge is 0.272 e. The van der Waals surface area contributed by atoms with Crippen LogP contribution < -0.4 is 4.74 Å². The van der Waals surface area contributed by atoms with Crippen molar-refractivity contribution in [2.75, 3.05) is 19.6 Å². The van der Waals surface area contributed by atoms with Gasteiger partial charge in [0.15, 0.2) is 0 Å². The van der Waals surface area contributed by atoms with E-state index in [9.17, 15) is 8.78 Å². The number of imidazole rings is 1. The van der Waals surface area contributed by atoms with Crippen LogP contribution in [-0.2, 0) is 18.0 Å². The van der Waals surface area contributed by atoms with Gasteiger partial charge in [-0.1, -0.05) is 31.2 Å². The van der Waals surface area contributed by atoms with Crippen LogP contribution in [0.15, 0.2) is 48.9 Å². The molecule has 2 aromatic carbocycles. The fraction of sp³-hybridized carbons (Fsp3) is 0.400. The molecule has 226 valence electrons. The molecule has 43 heavy (non-hydrogen) atoms. The molecule has 1 aliphatic rings. The third-order valence-corrected chi connectivity index (χ3v) is 10.9. The summed E-state index contributed by atoms with van der Waals surface area (Å²) in [5, 5.41) is 4.71. The zero-order chi connectivity index (χ0) is 30.5. The molecule has 1 fully saturated rings. The van der Waals surface area contributed by atoms with Crippen molar-refractivity contribution in [3.8, 4) is 22.8 Å². The zero-order valence-electron chi connectivity index (χ0n) is 24.8. The van der Waals surface area contributed by atoms with Gasteiger partial charge in [-0.25, -0.2) is 18.7 Å². The maximum atomic E-state index is 13.1. The standard InChI is InChI=1S/C30H34ClF2N7O2Si/c1-19-36-23-7-6-22(12-26(23)40(19)18-41-20(2)43(3,4)5)42-27-9-8-24-29(28(27)31)37-25(14-34-24)21-13-35-39(15-21)11-10-38-16-30(32,33)17-38/h6-9,12-15,20H,10-11,16-18H2,1-5H3. The molecule has 1 aliphatic heterocycles. The van der Waals surface area contributed by atoms with E-state index < -0.39 is 14.0 Å². The lowest BCUT2D eigenvalue weighted by Gasteiger charge is -2.38. The van der Waals surface area contributed by atoms with Crippen molar-refractivity contribution in [3.63, 3.8) is 0 Å². The molecule has 1 unspecified atom stereocenters. The summed E-state index contributed by atoms with van der Waals surface area (Å²) in [5.74, 6) is -0.647. The van der Waals surface area contributed by atoms with Crippen molar-refractivity contribution in [3.05, 3.63) is 59.8 Å². The minimum atomic E-state index is -2.58. The molecular weight excluding hydrogens is 592 g/mol. The summed E-state index contributed by atoms with van der Waals surface area (Å²) in [5.41, 5.74) is 4.45. The number of likely N-dealkylation sites (tertiary alicyclic amines) is 1. The average Bonchev–Trinajstić information content (AvgIpc) is 3.54. The van der Waals surface area contributed by atoms with E-state index in [4.69, 9.17) is 26.1 Å². The van der Waals surface area contributed by atoms with Crippen LogP contribution in [0.4, 0.5) is 8.78 Å². The first-order valence-corrected chi connectivity index (χ1v) is 18.2. The van der Waals surface area contributed by atoms with E-state index in [-0.39, 0.29) is 18.8 Å². The molecule has 4 heterocycles. The molecule has 13 heteroatoms. The summed E-state index contributed by atoms with van der Waals surface area (Å²) >= 11 is 6.82. The van der Waals surface area contributed by atoms with E-state index in [1.807, 2.05) is 37.4 Å². The molecule has 0 amide bonds. The van der Waals surface area contributed by atoms with Gasteiger partial charge in [0, 0.05) is 30.1 Å². The minimum absolute atomic E-state index is 0.196. The number of alkyl halides is 2. The highest BCUT2D eigenvalue weighted by atomic mass is 35.5. The van der Waals surface area contributed by atoms with Crippen molar-refractivity contribution < 1.29 is 18.3 Å². The second-order valence-corrected chi connectivity index (χ2v) is 18.1. The predicted molar refractivity (Wildman–Crippen MR) is 166 cm³/mol. The predicted octanol–water partition coefficient (Wildman–Crippen LogP) is 6.79. The van der Waals surface area contributed by atoms with Gasteiger partial charge in [0.2, 0.25) is 0 Å². The average molecular weight is 626 g/mol.